The van der Waals surface area contributed by atoms with Crippen molar-refractivity contribution >= 4 is 36.0 Å². The number of guanidine groups is 1. The Morgan fingerprint density at radius 1 is 0.962 bits per heavy atom. The number of rotatable bonds is 3. The monoisotopic (exact) mass is 481 g/mol. The van der Waals surface area contributed by atoms with Gasteiger partial charge in [0.25, 0.3) is 0 Å². The van der Waals surface area contributed by atoms with E-state index in [1.807, 2.05) is 20.8 Å². The Hall–Kier alpha value is -0.770. The molecule has 7 nitrogen and oxygen atoms in total. The van der Waals surface area contributed by atoms with Gasteiger partial charge in [-0.1, -0.05) is 12.8 Å². The Balaban J connectivity index is 0.00000338. The molecular weight excluding hydrogens is 445 g/mol. The summed E-state index contributed by atoms with van der Waals surface area (Å²) < 4.78 is 5.43. The highest BCUT2D eigenvalue weighted by atomic mass is 127. The number of piperazine rings is 1. The van der Waals surface area contributed by atoms with Crippen LogP contribution in [-0.4, -0.2) is 84.7 Å². The molecule has 0 aliphatic carbocycles. The lowest BCUT2D eigenvalue weighted by atomic mass is 10.2. The van der Waals surface area contributed by atoms with Crippen molar-refractivity contribution in [2.45, 2.75) is 52.1 Å². The van der Waals surface area contributed by atoms with Crippen LogP contribution in [0.15, 0.2) is 4.99 Å². The van der Waals surface area contributed by atoms with Gasteiger partial charge in [-0.25, -0.2) is 4.79 Å². The quantitative estimate of drug-likeness (QED) is 0.381. The highest BCUT2D eigenvalue weighted by Gasteiger charge is 2.25. The van der Waals surface area contributed by atoms with E-state index in [9.17, 15) is 4.79 Å². The van der Waals surface area contributed by atoms with Crippen LogP contribution in [0.2, 0.25) is 0 Å². The lowest BCUT2D eigenvalue weighted by molar-refractivity contribution is 0.0148. The molecule has 0 aromatic heterocycles. The molecule has 1 amide bonds. The number of halogens is 1. The van der Waals surface area contributed by atoms with Gasteiger partial charge in [0.2, 0.25) is 0 Å². The molecule has 26 heavy (non-hydrogen) atoms. The number of hydrogen-bond donors (Lipinski definition) is 1. The number of carbonyl (C=O) groups excluding carboxylic acids is 1. The van der Waals surface area contributed by atoms with Gasteiger partial charge < -0.3 is 20.3 Å². The van der Waals surface area contributed by atoms with Crippen LogP contribution in [0.5, 0.6) is 0 Å². The normalized spacial score (nSPS) is 20.3. The molecule has 0 saturated carbocycles. The summed E-state index contributed by atoms with van der Waals surface area (Å²) in [6, 6.07) is 0. The number of amides is 1. The molecule has 0 radical (unpaired) electrons. The van der Waals surface area contributed by atoms with Crippen molar-refractivity contribution < 1.29 is 9.53 Å². The van der Waals surface area contributed by atoms with E-state index in [-0.39, 0.29) is 30.1 Å². The maximum Gasteiger partial charge on any atom is 0.410 e. The summed E-state index contributed by atoms with van der Waals surface area (Å²) >= 11 is 0. The Morgan fingerprint density at radius 3 is 2.08 bits per heavy atom. The first kappa shape index (κ1) is 23.3. The molecule has 2 heterocycles. The molecule has 0 unspecified atom stereocenters. The smallest absolute Gasteiger partial charge is 0.410 e. The van der Waals surface area contributed by atoms with Crippen LogP contribution < -0.4 is 5.73 Å². The summed E-state index contributed by atoms with van der Waals surface area (Å²) in [5.41, 5.74) is 5.71. The lowest BCUT2D eigenvalue weighted by Gasteiger charge is -2.35. The van der Waals surface area contributed by atoms with Crippen molar-refractivity contribution in [1.82, 2.24) is 14.7 Å². The van der Waals surface area contributed by atoms with Crippen LogP contribution in [0.4, 0.5) is 4.79 Å². The van der Waals surface area contributed by atoms with Crippen molar-refractivity contribution in [2.75, 3.05) is 52.4 Å². The highest BCUT2D eigenvalue weighted by molar-refractivity contribution is 14.0. The Kier molecular flexibility index (Phi) is 9.99. The summed E-state index contributed by atoms with van der Waals surface area (Å²) in [5.74, 6) is 0.689. The predicted octanol–water partition coefficient (Wildman–Crippen LogP) is 2.35. The summed E-state index contributed by atoms with van der Waals surface area (Å²) in [6.45, 7) is 12.5. The van der Waals surface area contributed by atoms with Crippen molar-refractivity contribution in [3.05, 3.63) is 0 Å². The summed E-state index contributed by atoms with van der Waals surface area (Å²) in [6.07, 6.45) is 4.80. The topological polar surface area (TPSA) is 74.4 Å². The van der Waals surface area contributed by atoms with E-state index in [0.717, 1.165) is 39.3 Å². The van der Waals surface area contributed by atoms with E-state index in [2.05, 4.69) is 14.8 Å². The van der Waals surface area contributed by atoms with E-state index < -0.39 is 5.60 Å². The number of nitrogens with two attached hydrogens (primary N) is 1. The number of nitrogens with zero attached hydrogens (tertiary/aromatic N) is 4. The van der Waals surface area contributed by atoms with Crippen molar-refractivity contribution in [1.29, 1.82) is 0 Å². The number of aliphatic imine (C=N–C) groups is 1. The number of ether oxygens (including phenoxy) is 1. The van der Waals surface area contributed by atoms with Gasteiger partial charge in [0.05, 0.1) is 6.54 Å². The molecule has 8 heteroatoms. The molecule has 0 spiro atoms. The van der Waals surface area contributed by atoms with Gasteiger partial charge in [-0.15, -0.1) is 24.0 Å². The number of carbonyl (C=O) groups is 1. The van der Waals surface area contributed by atoms with Crippen LogP contribution in [0.25, 0.3) is 0 Å². The third kappa shape index (κ3) is 8.28. The molecule has 2 saturated heterocycles. The zero-order valence-electron chi connectivity index (χ0n) is 16.6. The van der Waals surface area contributed by atoms with Gasteiger partial charge in [-0.2, -0.15) is 0 Å². The van der Waals surface area contributed by atoms with Gasteiger partial charge in [0.1, 0.15) is 5.60 Å². The first-order valence-corrected chi connectivity index (χ1v) is 9.60. The van der Waals surface area contributed by atoms with E-state index >= 15 is 0 Å². The number of hydrogen-bond acceptors (Lipinski definition) is 4. The molecular formula is C18H36IN5O2. The second-order valence-corrected chi connectivity index (χ2v) is 7.95. The van der Waals surface area contributed by atoms with Gasteiger partial charge in [0, 0.05) is 45.8 Å². The first-order chi connectivity index (χ1) is 11.8. The van der Waals surface area contributed by atoms with Gasteiger partial charge >= 0.3 is 6.09 Å². The molecule has 2 rings (SSSR count). The molecule has 0 aromatic rings. The molecule has 0 atom stereocenters. The molecule has 0 bridgehead atoms. The molecule has 2 aliphatic rings. The minimum Gasteiger partial charge on any atom is -0.444 e. The van der Waals surface area contributed by atoms with E-state index in [0.29, 0.717) is 19.0 Å². The average Bonchev–Trinajstić information content (AvgIpc) is 2.83. The third-order valence-corrected chi connectivity index (χ3v) is 4.64. The fourth-order valence-electron chi connectivity index (χ4n) is 3.19. The Labute approximate surface area is 175 Å². The average molecular weight is 481 g/mol. The van der Waals surface area contributed by atoms with Crippen LogP contribution >= 0.6 is 24.0 Å². The molecule has 0 aromatic carbocycles. The van der Waals surface area contributed by atoms with E-state index in [4.69, 9.17) is 10.5 Å². The van der Waals surface area contributed by atoms with Crippen LogP contribution in [-0.2, 0) is 4.74 Å². The van der Waals surface area contributed by atoms with Crippen LogP contribution in [0, 0.1) is 0 Å². The molecule has 2 N–H and O–H groups in total. The van der Waals surface area contributed by atoms with Gasteiger partial charge in [-0.05, 0) is 33.6 Å². The molecule has 2 aliphatic heterocycles. The standard InChI is InChI=1S/C18H35N5O2.HI/c1-18(2,3)25-17(24)23-14-12-21(13-15-23)11-8-20-16(19)22-9-6-4-5-7-10-22;/h4-15H2,1-3H3,(H2,19,20);1H. The first-order valence-electron chi connectivity index (χ1n) is 9.60. The second-order valence-electron chi connectivity index (χ2n) is 7.95. The van der Waals surface area contributed by atoms with Crippen molar-refractivity contribution in [2.24, 2.45) is 10.7 Å². The predicted molar refractivity (Wildman–Crippen MR) is 116 cm³/mol. The zero-order valence-corrected chi connectivity index (χ0v) is 18.9. The summed E-state index contributed by atoms with van der Waals surface area (Å²) in [4.78, 5) is 23.0. The minimum atomic E-state index is -0.437. The van der Waals surface area contributed by atoms with E-state index in [1.165, 1.54) is 25.7 Å². The maximum absolute atomic E-state index is 12.1. The second kappa shape index (κ2) is 11.2. The van der Waals surface area contributed by atoms with Gasteiger partial charge in [-0.3, -0.25) is 9.89 Å². The summed E-state index contributed by atoms with van der Waals surface area (Å²) in [7, 11) is 0. The van der Waals surface area contributed by atoms with Crippen molar-refractivity contribution in [3.63, 3.8) is 0 Å². The fraction of sp³-hybridized carbons (Fsp3) is 0.889. The summed E-state index contributed by atoms with van der Waals surface area (Å²) in [5, 5.41) is 0. The van der Waals surface area contributed by atoms with Crippen LogP contribution in [0.1, 0.15) is 46.5 Å². The van der Waals surface area contributed by atoms with Crippen molar-refractivity contribution in [3.8, 4) is 0 Å². The molecule has 152 valence electrons. The molecule has 2 fully saturated rings. The number of likely N-dealkylation sites (tertiary alicyclic amines) is 1. The van der Waals surface area contributed by atoms with Crippen LogP contribution in [0.3, 0.4) is 0 Å². The largest absolute Gasteiger partial charge is 0.444 e. The zero-order chi connectivity index (χ0) is 18.3. The van der Waals surface area contributed by atoms with E-state index in [1.54, 1.807) is 4.90 Å². The maximum atomic E-state index is 12.1. The highest BCUT2D eigenvalue weighted by Crippen LogP contribution is 2.12. The van der Waals surface area contributed by atoms with Gasteiger partial charge in [0.15, 0.2) is 5.96 Å². The fourth-order valence-corrected chi connectivity index (χ4v) is 3.19. The third-order valence-electron chi connectivity index (χ3n) is 4.64. The Morgan fingerprint density at radius 2 is 1.54 bits per heavy atom. The lowest BCUT2D eigenvalue weighted by Crippen LogP contribution is -2.50. The Bertz CT molecular complexity index is 451. The minimum absolute atomic E-state index is 0. The SMILES string of the molecule is CC(C)(C)OC(=O)N1CCN(CCN=C(N)N2CCCCCC2)CC1.I.